The Morgan fingerprint density at radius 2 is 2.09 bits per heavy atom. The first kappa shape index (κ1) is 15.4. The summed E-state index contributed by atoms with van der Waals surface area (Å²) in [4.78, 5) is 0. The second-order valence-corrected chi connectivity index (χ2v) is 8.41. The third-order valence-corrected chi connectivity index (χ3v) is 6.82. The summed E-state index contributed by atoms with van der Waals surface area (Å²) < 4.78 is 6.45. The Kier molecular flexibility index (Phi) is 3.31. The molecule has 4 rings (SSSR count). The molecule has 122 valence electrons. The predicted molar refractivity (Wildman–Crippen MR) is 93.4 cm³/mol. The molecule has 2 nitrogen and oxygen atoms in total. The van der Waals surface area contributed by atoms with Crippen molar-refractivity contribution in [3.05, 3.63) is 23.3 Å². The lowest BCUT2D eigenvalue weighted by Gasteiger charge is -2.62. The molecule has 1 aromatic rings. The molecule has 5 atom stereocenters. The average molecular weight is 310 g/mol. The summed E-state index contributed by atoms with van der Waals surface area (Å²) in [5, 5.41) is 10.5. The average Bonchev–Trinajstić information content (AvgIpc) is 2.81. The molecule has 1 aromatic carbocycles. The molecule has 0 saturated heterocycles. The van der Waals surface area contributed by atoms with Crippen molar-refractivity contribution in [1.82, 2.24) is 0 Å². The lowest BCUT2D eigenvalue weighted by Crippen LogP contribution is -2.57. The van der Waals surface area contributed by atoms with E-state index in [4.69, 9.17) is 12.6 Å². The second kappa shape index (κ2) is 4.94. The van der Waals surface area contributed by atoms with Gasteiger partial charge in [0.2, 0.25) is 0 Å². The Morgan fingerprint density at radius 3 is 2.83 bits per heavy atom. The van der Waals surface area contributed by atoms with E-state index in [0.29, 0.717) is 17.6 Å². The molecule has 0 spiro atoms. The minimum Gasteiger partial charge on any atom is -0.508 e. The summed E-state index contributed by atoms with van der Waals surface area (Å²) in [6, 6.07) is 4.10. The van der Waals surface area contributed by atoms with Crippen LogP contribution in [-0.2, 0) is 6.42 Å². The van der Waals surface area contributed by atoms with Gasteiger partial charge < -0.3 is 9.84 Å². The summed E-state index contributed by atoms with van der Waals surface area (Å²) in [7, 11) is 6.67. The molecule has 1 heterocycles. The van der Waals surface area contributed by atoms with E-state index in [2.05, 4.69) is 26.8 Å². The van der Waals surface area contributed by atoms with E-state index >= 15 is 0 Å². The Morgan fingerprint density at radius 1 is 1.30 bits per heavy atom. The molecule has 0 aromatic heterocycles. The number of fused-ring (bicyclic) bond motifs is 2. The van der Waals surface area contributed by atoms with E-state index in [1.165, 1.54) is 18.4 Å². The van der Waals surface area contributed by atoms with Gasteiger partial charge in [-0.3, -0.25) is 0 Å². The molecule has 5 unspecified atom stereocenters. The number of phenols is 1. The highest BCUT2D eigenvalue weighted by molar-refractivity contribution is 6.17. The SMILES string of the molecule is [B]C1(C)C2CCC3(C)Oc4cc(CCCCC)cc(O)c4C1C23. The molecule has 2 fully saturated rings. The maximum absolute atomic E-state index is 10.7. The number of hydrogen-bond acceptors (Lipinski definition) is 2. The van der Waals surface area contributed by atoms with Gasteiger partial charge in [-0.1, -0.05) is 32.0 Å². The standard InChI is InChI=1S/C20H27BO2/c1-4-5-6-7-12-10-14(22)16-15(11-12)23-19(2)9-8-13-17(19)18(16)20(13,3)21/h10-11,13,17-18,22H,4-9H2,1-3H3. The summed E-state index contributed by atoms with van der Waals surface area (Å²) in [6.45, 7) is 6.61. The number of phenolic OH excluding ortho intramolecular Hbond substituents is 1. The first-order chi connectivity index (χ1) is 10.9. The highest BCUT2D eigenvalue weighted by Crippen LogP contribution is 2.76. The molecular weight excluding hydrogens is 283 g/mol. The van der Waals surface area contributed by atoms with Crippen LogP contribution in [0.3, 0.4) is 0 Å². The van der Waals surface area contributed by atoms with Gasteiger partial charge in [0.05, 0.1) is 7.85 Å². The van der Waals surface area contributed by atoms with Crippen LogP contribution in [0.25, 0.3) is 0 Å². The predicted octanol–water partition coefficient (Wildman–Crippen LogP) is 4.75. The molecule has 3 heteroatoms. The topological polar surface area (TPSA) is 29.5 Å². The second-order valence-electron chi connectivity index (χ2n) is 8.41. The van der Waals surface area contributed by atoms with Crippen LogP contribution in [0.2, 0.25) is 5.31 Å². The number of benzene rings is 1. The fourth-order valence-corrected chi connectivity index (χ4v) is 5.64. The van der Waals surface area contributed by atoms with Crippen LogP contribution in [-0.4, -0.2) is 18.6 Å². The van der Waals surface area contributed by atoms with E-state index in [1.54, 1.807) is 0 Å². The van der Waals surface area contributed by atoms with Crippen molar-refractivity contribution in [2.45, 2.75) is 76.1 Å². The Labute approximate surface area is 141 Å². The van der Waals surface area contributed by atoms with E-state index < -0.39 is 0 Å². The van der Waals surface area contributed by atoms with Gasteiger partial charge in [0.15, 0.2) is 0 Å². The molecule has 2 aliphatic carbocycles. The van der Waals surface area contributed by atoms with Crippen LogP contribution in [0.1, 0.15) is 69.9 Å². The smallest absolute Gasteiger partial charge is 0.127 e. The molecule has 1 N–H and O–H groups in total. The van der Waals surface area contributed by atoms with Crippen LogP contribution in [0.5, 0.6) is 11.5 Å². The fourth-order valence-electron chi connectivity index (χ4n) is 5.64. The highest BCUT2D eigenvalue weighted by atomic mass is 16.5. The van der Waals surface area contributed by atoms with Gasteiger partial charge in [-0.25, -0.2) is 0 Å². The summed E-state index contributed by atoms with van der Waals surface area (Å²) in [5.74, 6) is 2.49. The van der Waals surface area contributed by atoms with Gasteiger partial charge in [0.1, 0.15) is 17.1 Å². The van der Waals surface area contributed by atoms with Crippen LogP contribution in [0.4, 0.5) is 0 Å². The first-order valence-corrected chi connectivity index (χ1v) is 9.22. The monoisotopic (exact) mass is 310 g/mol. The van der Waals surface area contributed by atoms with Crippen molar-refractivity contribution in [2.75, 3.05) is 0 Å². The van der Waals surface area contributed by atoms with E-state index in [0.717, 1.165) is 37.0 Å². The molecule has 2 radical (unpaired) electrons. The normalized spacial score (nSPS) is 40.0. The summed E-state index contributed by atoms with van der Waals surface area (Å²) in [6.07, 6.45) is 6.82. The van der Waals surface area contributed by atoms with E-state index in [9.17, 15) is 5.11 Å². The lowest BCUT2D eigenvalue weighted by molar-refractivity contribution is -0.0649. The van der Waals surface area contributed by atoms with Crippen LogP contribution >= 0.6 is 0 Å². The highest BCUT2D eigenvalue weighted by Gasteiger charge is 2.69. The summed E-state index contributed by atoms with van der Waals surface area (Å²) >= 11 is 0. The Bertz CT molecular complexity index is 639. The first-order valence-electron chi connectivity index (χ1n) is 9.22. The number of hydrogen-bond donors (Lipinski definition) is 1. The minimum atomic E-state index is -0.220. The van der Waals surface area contributed by atoms with Gasteiger partial charge in [0, 0.05) is 11.5 Å². The zero-order valence-electron chi connectivity index (χ0n) is 14.6. The van der Waals surface area contributed by atoms with Crippen LogP contribution < -0.4 is 4.74 Å². The number of aromatic hydroxyl groups is 1. The Hall–Kier alpha value is -1.12. The molecule has 1 aliphatic heterocycles. The fraction of sp³-hybridized carbons (Fsp3) is 0.700. The third kappa shape index (κ3) is 2.01. The number of ether oxygens (including phenoxy) is 1. The molecule has 23 heavy (non-hydrogen) atoms. The van der Waals surface area contributed by atoms with Crippen molar-refractivity contribution in [1.29, 1.82) is 0 Å². The van der Waals surface area contributed by atoms with Gasteiger partial charge in [-0.2, -0.15) is 0 Å². The van der Waals surface area contributed by atoms with Crippen molar-refractivity contribution < 1.29 is 9.84 Å². The number of aryl methyl sites for hydroxylation is 1. The van der Waals surface area contributed by atoms with Crippen molar-refractivity contribution in [3.8, 4) is 11.5 Å². The van der Waals surface area contributed by atoms with Gasteiger partial charge in [-0.05, 0) is 62.1 Å². The lowest BCUT2D eigenvalue weighted by atomic mass is 9.37. The largest absolute Gasteiger partial charge is 0.508 e. The molecule has 0 bridgehead atoms. The molecule has 3 aliphatic rings. The van der Waals surface area contributed by atoms with Gasteiger partial charge >= 0.3 is 0 Å². The van der Waals surface area contributed by atoms with Gasteiger partial charge in [-0.15, -0.1) is 0 Å². The maximum atomic E-state index is 10.7. The zero-order chi connectivity index (χ0) is 16.4. The van der Waals surface area contributed by atoms with Crippen LogP contribution in [0, 0.1) is 11.8 Å². The Balaban J connectivity index is 1.73. The van der Waals surface area contributed by atoms with Crippen molar-refractivity contribution >= 4 is 7.85 Å². The molecule has 2 saturated carbocycles. The quantitative estimate of drug-likeness (QED) is 0.642. The van der Waals surface area contributed by atoms with E-state index in [-0.39, 0.29) is 16.8 Å². The maximum Gasteiger partial charge on any atom is 0.127 e. The molecular formula is C20H27BO2. The van der Waals surface area contributed by atoms with Crippen molar-refractivity contribution in [3.63, 3.8) is 0 Å². The van der Waals surface area contributed by atoms with Crippen molar-refractivity contribution in [2.24, 2.45) is 11.8 Å². The summed E-state index contributed by atoms with van der Waals surface area (Å²) in [5.41, 5.74) is 2.05. The number of rotatable bonds is 4. The molecule has 0 amide bonds. The van der Waals surface area contributed by atoms with E-state index in [1.807, 2.05) is 6.07 Å². The van der Waals surface area contributed by atoms with Gasteiger partial charge in [0.25, 0.3) is 0 Å². The third-order valence-electron chi connectivity index (χ3n) is 6.82. The van der Waals surface area contributed by atoms with Crippen LogP contribution in [0.15, 0.2) is 12.1 Å². The zero-order valence-corrected chi connectivity index (χ0v) is 14.6. The minimum absolute atomic E-state index is 0.101. The number of unbranched alkanes of at least 4 members (excludes halogenated alkanes) is 2.